The molecule has 9 heteroatoms. The maximum absolute atomic E-state index is 12.1. The highest BCUT2D eigenvalue weighted by atomic mass is 16.7. The van der Waals surface area contributed by atoms with Crippen LogP contribution in [-0.2, 0) is 10.2 Å². The fourth-order valence-electron chi connectivity index (χ4n) is 2.91. The van der Waals surface area contributed by atoms with Crippen molar-refractivity contribution in [3.63, 3.8) is 0 Å². The molecule has 1 aliphatic heterocycles. The molecular formula is C21H23N3O6. The number of hydrogen-bond donors (Lipinski definition) is 1. The third-order valence-corrected chi connectivity index (χ3v) is 4.41. The number of nitrogens with zero attached hydrogens (tertiary/aromatic N) is 2. The maximum atomic E-state index is 12.1. The number of rotatable bonds is 6. The van der Waals surface area contributed by atoms with Gasteiger partial charge in [0, 0.05) is 0 Å². The van der Waals surface area contributed by atoms with E-state index in [2.05, 4.69) is 31.3 Å². The van der Waals surface area contributed by atoms with E-state index in [1.807, 2.05) is 25.1 Å². The summed E-state index contributed by atoms with van der Waals surface area (Å²) < 4.78 is 16.0. The van der Waals surface area contributed by atoms with E-state index in [1.165, 1.54) is 18.3 Å². The van der Waals surface area contributed by atoms with Gasteiger partial charge in [0.05, 0.1) is 22.8 Å². The Labute approximate surface area is 173 Å². The molecule has 1 amide bonds. The van der Waals surface area contributed by atoms with Gasteiger partial charge in [0.25, 0.3) is 11.6 Å². The van der Waals surface area contributed by atoms with Crippen molar-refractivity contribution in [3.05, 3.63) is 57.1 Å². The van der Waals surface area contributed by atoms with Crippen LogP contribution in [0.1, 0.15) is 37.5 Å². The molecule has 0 atom stereocenters. The molecule has 1 N–H and O–H groups in total. The molecule has 2 aromatic rings. The molecule has 0 unspecified atom stereocenters. The summed E-state index contributed by atoms with van der Waals surface area (Å²) in [5.41, 5.74) is 4.24. The monoisotopic (exact) mass is 413 g/mol. The van der Waals surface area contributed by atoms with Crippen LogP contribution in [0.25, 0.3) is 0 Å². The van der Waals surface area contributed by atoms with Gasteiger partial charge in [0.2, 0.25) is 6.79 Å². The topological polar surface area (TPSA) is 112 Å². The Balaban J connectivity index is 1.65. The second-order valence-electron chi connectivity index (χ2n) is 7.85. The van der Waals surface area contributed by atoms with Crippen LogP contribution in [-0.4, -0.2) is 30.4 Å². The Morgan fingerprint density at radius 1 is 1.27 bits per heavy atom. The smallest absolute Gasteiger partial charge is 0.282 e. The van der Waals surface area contributed by atoms with Crippen LogP contribution in [0.15, 0.2) is 35.4 Å². The lowest BCUT2D eigenvalue weighted by Gasteiger charge is -2.23. The van der Waals surface area contributed by atoms with Crippen LogP contribution >= 0.6 is 0 Å². The second-order valence-corrected chi connectivity index (χ2v) is 7.85. The molecule has 0 saturated carbocycles. The van der Waals surface area contributed by atoms with Gasteiger partial charge in [-0.05, 0) is 30.0 Å². The summed E-state index contributed by atoms with van der Waals surface area (Å²) in [6, 6.07) is 8.49. The summed E-state index contributed by atoms with van der Waals surface area (Å²) in [4.78, 5) is 22.8. The molecule has 158 valence electrons. The van der Waals surface area contributed by atoms with Gasteiger partial charge in [-0.2, -0.15) is 5.10 Å². The van der Waals surface area contributed by atoms with Crippen molar-refractivity contribution >= 4 is 17.8 Å². The fraction of sp³-hybridized carbons (Fsp3) is 0.333. The Morgan fingerprint density at radius 3 is 2.63 bits per heavy atom. The van der Waals surface area contributed by atoms with Crippen molar-refractivity contribution in [2.45, 2.75) is 33.1 Å². The molecule has 1 aliphatic rings. The Hall–Kier alpha value is -3.62. The molecule has 0 bridgehead atoms. The van der Waals surface area contributed by atoms with E-state index in [0.717, 1.165) is 11.1 Å². The Bertz CT molecular complexity index is 1010. The highest BCUT2D eigenvalue weighted by molar-refractivity contribution is 5.88. The number of carbonyl (C=O) groups excluding carboxylic acids is 1. The Kier molecular flexibility index (Phi) is 5.91. The lowest BCUT2D eigenvalue weighted by molar-refractivity contribution is -0.385. The molecule has 0 radical (unpaired) electrons. The van der Waals surface area contributed by atoms with Gasteiger partial charge in [-0.3, -0.25) is 14.9 Å². The van der Waals surface area contributed by atoms with Crippen LogP contribution in [0.2, 0.25) is 0 Å². The number of fused-ring (bicyclic) bond motifs is 1. The molecule has 0 aromatic heterocycles. The molecule has 0 spiro atoms. The van der Waals surface area contributed by atoms with Gasteiger partial charge >= 0.3 is 0 Å². The molecule has 0 saturated heterocycles. The number of aryl methyl sites for hydroxylation is 1. The van der Waals surface area contributed by atoms with Crippen LogP contribution in [0.3, 0.4) is 0 Å². The number of carbonyl (C=O) groups is 1. The van der Waals surface area contributed by atoms with Crippen molar-refractivity contribution < 1.29 is 23.9 Å². The zero-order valence-electron chi connectivity index (χ0n) is 17.2. The predicted octanol–water partition coefficient (Wildman–Crippen LogP) is 3.46. The molecule has 2 aromatic carbocycles. The third kappa shape index (κ3) is 4.86. The number of hydrogen-bond acceptors (Lipinski definition) is 7. The second kappa shape index (κ2) is 8.40. The first-order chi connectivity index (χ1) is 14.1. The van der Waals surface area contributed by atoms with Crippen molar-refractivity contribution in [3.8, 4) is 17.2 Å². The maximum Gasteiger partial charge on any atom is 0.282 e. The minimum atomic E-state index is -0.556. The minimum absolute atomic E-state index is 0.00325. The van der Waals surface area contributed by atoms with Gasteiger partial charge in [0.1, 0.15) is 5.75 Å². The number of ether oxygens (including phenoxy) is 3. The van der Waals surface area contributed by atoms with E-state index >= 15 is 0 Å². The zero-order chi connectivity index (χ0) is 21.9. The third-order valence-electron chi connectivity index (χ3n) is 4.41. The van der Waals surface area contributed by atoms with Gasteiger partial charge in [-0.25, -0.2) is 5.43 Å². The van der Waals surface area contributed by atoms with Crippen LogP contribution < -0.4 is 19.6 Å². The molecular weight excluding hydrogens is 390 g/mol. The van der Waals surface area contributed by atoms with Gasteiger partial charge in [-0.15, -0.1) is 0 Å². The predicted molar refractivity (Wildman–Crippen MR) is 110 cm³/mol. The summed E-state index contributed by atoms with van der Waals surface area (Å²) in [7, 11) is 0. The van der Waals surface area contributed by atoms with E-state index in [4.69, 9.17) is 14.2 Å². The number of amides is 1. The number of nitro benzene ring substituents is 1. The highest BCUT2D eigenvalue weighted by Gasteiger charge is 2.23. The summed E-state index contributed by atoms with van der Waals surface area (Å²) in [5, 5.41) is 15.1. The standard InChI is InChI=1S/C21H23N3O6/c1-13-5-6-17(15(7-13)21(2,3)4)28-11-20(25)23-22-10-14-8-18-19(30-12-29-18)9-16(14)24(26)27/h5-10H,11-12H2,1-4H3,(H,23,25)/b22-10+. The fourth-order valence-corrected chi connectivity index (χ4v) is 2.91. The number of benzene rings is 2. The average Bonchev–Trinajstić information content (AvgIpc) is 3.13. The van der Waals surface area contributed by atoms with Gasteiger partial charge < -0.3 is 14.2 Å². The molecule has 3 rings (SSSR count). The quantitative estimate of drug-likeness (QED) is 0.441. The van der Waals surface area contributed by atoms with Gasteiger partial charge in [-0.1, -0.05) is 38.5 Å². The molecule has 9 nitrogen and oxygen atoms in total. The average molecular weight is 413 g/mol. The number of nitrogens with one attached hydrogen (secondary N) is 1. The minimum Gasteiger partial charge on any atom is -0.483 e. The summed E-state index contributed by atoms with van der Waals surface area (Å²) in [5.74, 6) is 0.809. The normalized spacial score (nSPS) is 12.8. The van der Waals surface area contributed by atoms with E-state index in [-0.39, 0.29) is 30.1 Å². The zero-order valence-corrected chi connectivity index (χ0v) is 17.2. The van der Waals surface area contributed by atoms with Crippen LogP contribution in [0, 0.1) is 17.0 Å². The lowest BCUT2D eigenvalue weighted by Crippen LogP contribution is -2.25. The largest absolute Gasteiger partial charge is 0.483 e. The van der Waals surface area contributed by atoms with E-state index in [1.54, 1.807) is 0 Å². The highest BCUT2D eigenvalue weighted by Crippen LogP contribution is 2.37. The van der Waals surface area contributed by atoms with Crippen molar-refractivity contribution in [1.29, 1.82) is 0 Å². The molecule has 30 heavy (non-hydrogen) atoms. The lowest BCUT2D eigenvalue weighted by atomic mass is 9.85. The number of hydrazone groups is 1. The van der Waals surface area contributed by atoms with Crippen molar-refractivity contribution in [2.75, 3.05) is 13.4 Å². The van der Waals surface area contributed by atoms with Crippen LogP contribution in [0.5, 0.6) is 17.2 Å². The molecule has 1 heterocycles. The summed E-state index contributed by atoms with van der Waals surface area (Å²) >= 11 is 0. The first kappa shape index (κ1) is 21.1. The summed E-state index contributed by atoms with van der Waals surface area (Å²) in [6.07, 6.45) is 1.18. The first-order valence-electron chi connectivity index (χ1n) is 9.29. The number of nitro groups is 1. The van der Waals surface area contributed by atoms with E-state index < -0.39 is 10.8 Å². The van der Waals surface area contributed by atoms with Gasteiger partial charge in [0.15, 0.2) is 18.1 Å². The van der Waals surface area contributed by atoms with E-state index in [9.17, 15) is 14.9 Å². The molecule has 0 aliphatic carbocycles. The summed E-state index contributed by atoms with van der Waals surface area (Å²) in [6.45, 7) is 7.95. The van der Waals surface area contributed by atoms with Crippen molar-refractivity contribution in [1.82, 2.24) is 5.43 Å². The van der Waals surface area contributed by atoms with Crippen LogP contribution in [0.4, 0.5) is 5.69 Å². The van der Waals surface area contributed by atoms with Crippen molar-refractivity contribution in [2.24, 2.45) is 5.10 Å². The van der Waals surface area contributed by atoms with E-state index in [0.29, 0.717) is 17.2 Å². The molecule has 0 fully saturated rings. The Morgan fingerprint density at radius 2 is 1.97 bits per heavy atom. The SMILES string of the molecule is Cc1ccc(OCC(=O)N/N=C/c2cc3c(cc2[N+](=O)[O-])OCO3)c(C(C)(C)C)c1. The first-order valence-corrected chi connectivity index (χ1v) is 9.29.